The van der Waals surface area contributed by atoms with E-state index in [2.05, 4.69) is 33.3 Å². The molecule has 1 N–H and O–H groups in total. The third kappa shape index (κ3) is 3.92. The fourth-order valence-electron chi connectivity index (χ4n) is 1.68. The lowest BCUT2D eigenvalue weighted by Crippen LogP contribution is -2.23. The molecule has 1 aromatic carbocycles. The molecule has 100 valence electrons. The standard InChI is InChI=1S/C14H16BrN3O/c1-2-7-16-13-8-14(19)18(17-9-13)10-11-3-5-12(15)6-4-11/h3-6,8-9,16H,2,7,10H2,1H3. The van der Waals surface area contributed by atoms with Gasteiger partial charge in [-0.25, -0.2) is 4.68 Å². The minimum Gasteiger partial charge on any atom is -0.384 e. The zero-order chi connectivity index (χ0) is 13.7. The Morgan fingerprint density at radius 3 is 2.68 bits per heavy atom. The molecule has 0 aliphatic carbocycles. The van der Waals surface area contributed by atoms with Crippen molar-refractivity contribution in [2.24, 2.45) is 0 Å². The van der Waals surface area contributed by atoms with Gasteiger partial charge >= 0.3 is 0 Å². The molecular weight excluding hydrogens is 306 g/mol. The van der Waals surface area contributed by atoms with Crippen LogP contribution < -0.4 is 10.9 Å². The van der Waals surface area contributed by atoms with Gasteiger partial charge in [0.05, 0.1) is 18.4 Å². The van der Waals surface area contributed by atoms with Crippen molar-refractivity contribution < 1.29 is 0 Å². The highest BCUT2D eigenvalue weighted by molar-refractivity contribution is 9.10. The highest BCUT2D eigenvalue weighted by Crippen LogP contribution is 2.11. The zero-order valence-electron chi connectivity index (χ0n) is 10.8. The zero-order valence-corrected chi connectivity index (χ0v) is 12.4. The maximum Gasteiger partial charge on any atom is 0.269 e. The van der Waals surface area contributed by atoms with E-state index in [1.54, 1.807) is 12.3 Å². The van der Waals surface area contributed by atoms with Crippen LogP contribution in [0.25, 0.3) is 0 Å². The third-order valence-corrected chi connectivity index (χ3v) is 3.22. The smallest absolute Gasteiger partial charge is 0.269 e. The number of hydrogen-bond donors (Lipinski definition) is 1. The summed E-state index contributed by atoms with van der Waals surface area (Å²) in [5.74, 6) is 0. The number of rotatable bonds is 5. The Bertz CT molecular complexity index is 592. The second kappa shape index (κ2) is 6.52. The van der Waals surface area contributed by atoms with Crippen LogP contribution in [0.5, 0.6) is 0 Å². The summed E-state index contributed by atoms with van der Waals surface area (Å²) in [6.07, 6.45) is 2.71. The number of anilines is 1. The van der Waals surface area contributed by atoms with Crippen LogP contribution in [0, 0.1) is 0 Å². The van der Waals surface area contributed by atoms with Gasteiger partial charge in [0, 0.05) is 17.1 Å². The topological polar surface area (TPSA) is 46.9 Å². The van der Waals surface area contributed by atoms with Crippen LogP contribution in [0.3, 0.4) is 0 Å². The molecule has 0 fully saturated rings. The second-order valence-electron chi connectivity index (χ2n) is 4.29. The largest absolute Gasteiger partial charge is 0.384 e. The van der Waals surface area contributed by atoms with Crippen molar-refractivity contribution in [1.82, 2.24) is 9.78 Å². The van der Waals surface area contributed by atoms with E-state index in [9.17, 15) is 4.79 Å². The lowest BCUT2D eigenvalue weighted by molar-refractivity contribution is 0.639. The summed E-state index contributed by atoms with van der Waals surface area (Å²) in [7, 11) is 0. The van der Waals surface area contributed by atoms with E-state index in [1.807, 2.05) is 24.3 Å². The van der Waals surface area contributed by atoms with Crippen molar-refractivity contribution in [3.63, 3.8) is 0 Å². The van der Waals surface area contributed by atoms with Crippen molar-refractivity contribution in [2.45, 2.75) is 19.9 Å². The minimum absolute atomic E-state index is 0.0935. The molecule has 2 aromatic rings. The van der Waals surface area contributed by atoms with Crippen LogP contribution in [-0.4, -0.2) is 16.3 Å². The van der Waals surface area contributed by atoms with Crippen LogP contribution in [0.4, 0.5) is 5.69 Å². The Labute approximate surface area is 120 Å². The Kier molecular flexibility index (Phi) is 4.74. The third-order valence-electron chi connectivity index (χ3n) is 2.69. The quantitative estimate of drug-likeness (QED) is 0.921. The number of benzene rings is 1. The Morgan fingerprint density at radius 1 is 1.32 bits per heavy atom. The molecule has 0 unspecified atom stereocenters. The van der Waals surface area contributed by atoms with Gasteiger partial charge in [0.15, 0.2) is 0 Å². The van der Waals surface area contributed by atoms with Crippen molar-refractivity contribution in [1.29, 1.82) is 0 Å². The lowest BCUT2D eigenvalue weighted by atomic mass is 10.2. The average molecular weight is 322 g/mol. The van der Waals surface area contributed by atoms with E-state index < -0.39 is 0 Å². The van der Waals surface area contributed by atoms with Gasteiger partial charge in [0.1, 0.15) is 0 Å². The number of aromatic nitrogens is 2. The molecule has 0 saturated carbocycles. The van der Waals surface area contributed by atoms with E-state index >= 15 is 0 Å². The van der Waals surface area contributed by atoms with E-state index in [1.165, 1.54) is 4.68 Å². The van der Waals surface area contributed by atoms with Crippen LogP contribution in [0.1, 0.15) is 18.9 Å². The Hall–Kier alpha value is -1.62. The molecule has 0 radical (unpaired) electrons. The maximum atomic E-state index is 11.9. The van der Waals surface area contributed by atoms with Crippen molar-refractivity contribution in [3.8, 4) is 0 Å². The number of nitrogens with one attached hydrogen (secondary N) is 1. The number of halogens is 1. The summed E-state index contributed by atoms with van der Waals surface area (Å²) in [4.78, 5) is 11.9. The summed E-state index contributed by atoms with van der Waals surface area (Å²) in [5.41, 5.74) is 1.73. The molecule has 0 aliphatic heterocycles. The summed E-state index contributed by atoms with van der Waals surface area (Å²) in [6.45, 7) is 3.41. The first-order valence-corrected chi connectivity index (χ1v) is 7.04. The Balaban J connectivity index is 2.13. The predicted molar refractivity (Wildman–Crippen MR) is 80.5 cm³/mol. The maximum absolute atomic E-state index is 11.9. The van der Waals surface area contributed by atoms with Gasteiger partial charge in [0.25, 0.3) is 5.56 Å². The van der Waals surface area contributed by atoms with E-state index in [0.29, 0.717) is 6.54 Å². The highest BCUT2D eigenvalue weighted by atomic mass is 79.9. The minimum atomic E-state index is -0.0935. The predicted octanol–water partition coefficient (Wildman–Crippen LogP) is 2.88. The molecule has 0 spiro atoms. The number of nitrogens with zero attached hydrogens (tertiary/aromatic N) is 2. The molecule has 4 nitrogen and oxygen atoms in total. The van der Waals surface area contributed by atoms with Crippen LogP contribution in [0.15, 0.2) is 45.8 Å². The molecule has 0 atom stereocenters. The van der Waals surface area contributed by atoms with Gasteiger partial charge in [-0.2, -0.15) is 5.10 Å². The fraction of sp³-hybridized carbons (Fsp3) is 0.286. The molecule has 0 saturated heterocycles. The fourth-order valence-corrected chi connectivity index (χ4v) is 1.95. The van der Waals surface area contributed by atoms with Gasteiger partial charge in [-0.3, -0.25) is 4.79 Å². The second-order valence-corrected chi connectivity index (χ2v) is 5.21. The molecule has 1 aromatic heterocycles. The molecule has 0 amide bonds. The van der Waals surface area contributed by atoms with Crippen LogP contribution in [0.2, 0.25) is 0 Å². The van der Waals surface area contributed by atoms with Crippen molar-refractivity contribution in [3.05, 3.63) is 56.9 Å². The molecule has 0 bridgehead atoms. The molecule has 5 heteroatoms. The molecule has 0 aliphatic rings. The monoisotopic (exact) mass is 321 g/mol. The molecule has 2 rings (SSSR count). The summed E-state index contributed by atoms with van der Waals surface area (Å²) in [5, 5.41) is 7.33. The molecule has 1 heterocycles. The normalized spacial score (nSPS) is 10.4. The van der Waals surface area contributed by atoms with Crippen LogP contribution in [-0.2, 0) is 6.54 Å². The van der Waals surface area contributed by atoms with E-state index in [4.69, 9.17) is 0 Å². The Morgan fingerprint density at radius 2 is 2.05 bits per heavy atom. The summed E-state index contributed by atoms with van der Waals surface area (Å²) < 4.78 is 2.48. The SMILES string of the molecule is CCCNc1cnn(Cc2ccc(Br)cc2)c(=O)c1. The van der Waals surface area contributed by atoms with Crippen molar-refractivity contribution >= 4 is 21.6 Å². The molecular formula is C14H16BrN3O. The van der Waals surface area contributed by atoms with Crippen LogP contribution >= 0.6 is 15.9 Å². The van der Waals surface area contributed by atoms with E-state index in [0.717, 1.165) is 28.7 Å². The first-order valence-electron chi connectivity index (χ1n) is 6.24. The van der Waals surface area contributed by atoms with Gasteiger partial charge < -0.3 is 5.32 Å². The van der Waals surface area contributed by atoms with E-state index in [-0.39, 0.29) is 5.56 Å². The summed E-state index contributed by atoms with van der Waals surface area (Å²) in [6, 6.07) is 9.44. The first-order chi connectivity index (χ1) is 9.19. The van der Waals surface area contributed by atoms with Gasteiger partial charge in [0.2, 0.25) is 0 Å². The van der Waals surface area contributed by atoms with Gasteiger partial charge in [-0.1, -0.05) is 35.0 Å². The average Bonchev–Trinajstić information content (AvgIpc) is 2.41. The summed E-state index contributed by atoms with van der Waals surface area (Å²) >= 11 is 3.39. The first kappa shape index (κ1) is 13.8. The number of hydrogen-bond acceptors (Lipinski definition) is 3. The highest BCUT2D eigenvalue weighted by Gasteiger charge is 2.01. The van der Waals surface area contributed by atoms with Crippen molar-refractivity contribution in [2.75, 3.05) is 11.9 Å². The molecule has 19 heavy (non-hydrogen) atoms. The van der Waals surface area contributed by atoms with Gasteiger partial charge in [-0.05, 0) is 24.1 Å². The lowest BCUT2D eigenvalue weighted by Gasteiger charge is -2.07. The van der Waals surface area contributed by atoms with Gasteiger partial charge in [-0.15, -0.1) is 0 Å².